The lowest BCUT2D eigenvalue weighted by molar-refractivity contribution is 0.627. The Balaban J connectivity index is 1.98. The third-order valence-corrected chi connectivity index (χ3v) is 3.01. The lowest BCUT2D eigenvalue weighted by Gasteiger charge is -2.10. The number of hydrogen-bond acceptors (Lipinski definition) is 2. The summed E-state index contributed by atoms with van der Waals surface area (Å²) < 4.78 is 15.2. The number of rotatable bonds is 3. The SMILES string of the molecule is Fc1cc(Cl)cc(-n2ccnc2Nc2ccccc2)c1. The molecular weight excluding hydrogens is 277 g/mol. The van der Waals surface area contributed by atoms with Crippen molar-refractivity contribution in [1.29, 1.82) is 0 Å². The molecule has 5 heteroatoms. The molecule has 1 aromatic heterocycles. The van der Waals surface area contributed by atoms with Crippen LogP contribution in [-0.4, -0.2) is 9.55 Å². The van der Waals surface area contributed by atoms with Gasteiger partial charge in [0.15, 0.2) is 0 Å². The summed E-state index contributed by atoms with van der Waals surface area (Å²) in [6, 6.07) is 14.0. The van der Waals surface area contributed by atoms with Crippen molar-refractivity contribution in [2.45, 2.75) is 0 Å². The number of benzene rings is 2. The first-order chi connectivity index (χ1) is 9.72. The van der Waals surface area contributed by atoms with Crippen LogP contribution in [0.1, 0.15) is 0 Å². The molecule has 0 unspecified atom stereocenters. The van der Waals surface area contributed by atoms with E-state index in [1.165, 1.54) is 12.1 Å². The van der Waals surface area contributed by atoms with E-state index in [9.17, 15) is 4.39 Å². The number of nitrogens with one attached hydrogen (secondary N) is 1. The van der Waals surface area contributed by atoms with Crippen molar-refractivity contribution in [3.8, 4) is 5.69 Å². The highest BCUT2D eigenvalue weighted by atomic mass is 35.5. The molecule has 2 aromatic carbocycles. The minimum Gasteiger partial charge on any atom is -0.325 e. The standard InChI is InChI=1S/C15H11ClFN3/c16-11-8-12(17)10-14(9-11)20-7-6-18-15(20)19-13-4-2-1-3-5-13/h1-10H,(H,18,19). The van der Waals surface area contributed by atoms with Gasteiger partial charge in [-0.1, -0.05) is 29.8 Å². The van der Waals surface area contributed by atoms with Crippen molar-refractivity contribution < 1.29 is 4.39 Å². The Morgan fingerprint density at radius 1 is 1.10 bits per heavy atom. The zero-order chi connectivity index (χ0) is 13.9. The highest BCUT2D eigenvalue weighted by Gasteiger charge is 2.07. The number of nitrogens with zero attached hydrogens (tertiary/aromatic N) is 2. The third kappa shape index (κ3) is 2.65. The minimum absolute atomic E-state index is 0.347. The Bertz CT molecular complexity index is 705. The zero-order valence-electron chi connectivity index (χ0n) is 10.4. The van der Waals surface area contributed by atoms with Gasteiger partial charge in [-0.05, 0) is 30.3 Å². The molecule has 0 saturated carbocycles. The first-order valence-corrected chi connectivity index (χ1v) is 6.42. The van der Waals surface area contributed by atoms with Gasteiger partial charge in [0.1, 0.15) is 5.82 Å². The van der Waals surface area contributed by atoms with E-state index in [0.29, 0.717) is 16.7 Å². The fourth-order valence-electron chi connectivity index (χ4n) is 1.93. The van der Waals surface area contributed by atoms with Crippen LogP contribution in [0, 0.1) is 5.82 Å². The first-order valence-electron chi connectivity index (χ1n) is 6.04. The van der Waals surface area contributed by atoms with E-state index < -0.39 is 0 Å². The number of imidazole rings is 1. The summed E-state index contributed by atoms with van der Waals surface area (Å²) in [7, 11) is 0. The van der Waals surface area contributed by atoms with Gasteiger partial charge in [-0.15, -0.1) is 0 Å². The molecule has 0 fully saturated rings. The number of hydrogen-bond donors (Lipinski definition) is 1. The number of aromatic nitrogens is 2. The summed E-state index contributed by atoms with van der Waals surface area (Å²) in [6.45, 7) is 0. The van der Waals surface area contributed by atoms with Crippen molar-refractivity contribution in [3.63, 3.8) is 0 Å². The number of para-hydroxylation sites is 1. The average Bonchev–Trinajstić information content (AvgIpc) is 2.87. The molecule has 0 spiro atoms. The van der Waals surface area contributed by atoms with Gasteiger partial charge in [0.05, 0.1) is 5.69 Å². The molecule has 0 aliphatic rings. The Morgan fingerprint density at radius 2 is 1.90 bits per heavy atom. The maximum atomic E-state index is 13.4. The second-order valence-corrected chi connectivity index (χ2v) is 4.68. The zero-order valence-corrected chi connectivity index (χ0v) is 11.2. The monoisotopic (exact) mass is 287 g/mol. The van der Waals surface area contributed by atoms with Gasteiger partial charge in [0.25, 0.3) is 0 Å². The molecule has 0 amide bonds. The van der Waals surface area contributed by atoms with E-state index in [2.05, 4.69) is 10.3 Å². The fourth-order valence-corrected chi connectivity index (χ4v) is 2.15. The van der Waals surface area contributed by atoms with Gasteiger partial charge in [-0.2, -0.15) is 0 Å². The van der Waals surface area contributed by atoms with E-state index in [-0.39, 0.29) is 5.82 Å². The summed E-state index contributed by atoms with van der Waals surface area (Å²) in [6.07, 6.45) is 3.39. The molecule has 0 aliphatic heterocycles. The van der Waals surface area contributed by atoms with Crippen molar-refractivity contribution in [2.75, 3.05) is 5.32 Å². The van der Waals surface area contributed by atoms with Crippen molar-refractivity contribution in [1.82, 2.24) is 9.55 Å². The maximum Gasteiger partial charge on any atom is 0.212 e. The Labute approximate surface area is 120 Å². The molecule has 0 atom stereocenters. The summed E-state index contributed by atoms with van der Waals surface area (Å²) in [5.74, 6) is 0.213. The van der Waals surface area contributed by atoms with Gasteiger partial charge >= 0.3 is 0 Å². The Kier molecular flexibility index (Phi) is 3.39. The Morgan fingerprint density at radius 3 is 2.65 bits per heavy atom. The summed E-state index contributed by atoms with van der Waals surface area (Å²) in [5, 5.41) is 3.52. The minimum atomic E-state index is -0.383. The van der Waals surface area contributed by atoms with Crippen LogP contribution < -0.4 is 5.32 Å². The lowest BCUT2D eigenvalue weighted by atomic mass is 10.3. The van der Waals surface area contributed by atoms with Crippen LogP contribution in [0.4, 0.5) is 16.0 Å². The molecule has 20 heavy (non-hydrogen) atoms. The van der Waals surface area contributed by atoms with E-state index >= 15 is 0 Å². The summed E-state index contributed by atoms with van der Waals surface area (Å²) in [5.41, 5.74) is 1.52. The van der Waals surface area contributed by atoms with Gasteiger partial charge < -0.3 is 5.32 Å². The largest absolute Gasteiger partial charge is 0.325 e. The van der Waals surface area contributed by atoms with Crippen LogP contribution >= 0.6 is 11.6 Å². The van der Waals surface area contributed by atoms with Crippen LogP contribution in [-0.2, 0) is 0 Å². The molecule has 0 bridgehead atoms. The van der Waals surface area contributed by atoms with Crippen molar-refractivity contribution in [2.24, 2.45) is 0 Å². The maximum absolute atomic E-state index is 13.4. The molecule has 0 radical (unpaired) electrons. The molecule has 0 aliphatic carbocycles. The van der Waals surface area contributed by atoms with Crippen LogP contribution in [0.15, 0.2) is 60.9 Å². The lowest BCUT2D eigenvalue weighted by Crippen LogP contribution is -2.01. The van der Waals surface area contributed by atoms with Crippen molar-refractivity contribution >= 4 is 23.2 Å². The molecule has 1 heterocycles. The second kappa shape index (κ2) is 5.35. The van der Waals surface area contributed by atoms with Crippen LogP contribution in [0.5, 0.6) is 0 Å². The smallest absolute Gasteiger partial charge is 0.212 e. The molecule has 1 N–H and O–H groups in total. The average molecular weight is 288 g/mol. The van der Waals surface area contributed by atoms with Crippen molar-refractivity contribution in [3.05, 3.63) is 71.8 Å². The molecule has 0 saturated heterocycles. The molecular formula is C15H11ClFN3. The molecule has 3 aromatic rings. The summed E-state index contributed by atoms with van der Waals surface area (Å²) in [4.78, 5) is 4.23. The number of anilines is 2. The predicted molar refractivity (Wildman–Crippen MR) is 78.3 cm³/mol. The highest BCUT2D eigenvalue weighted by Crippen LogP contribution is 2.22. The van der Waals surface area contributed by atoms with Gasteiger partial charge in [0, 0.05) is 23.1 Å². The van der Waals surface area contributed by atoms with E-state index in [0.717, 1.165) is 5.69 Å². The predicted octanol–water partition coefficient (Wildman–Crippen LogP) is 4.41. The third-order valence-electron chi connectivity index (χ3n) is 2.80. The number of halogens is 2. The topological polar surface area (TPSA) is 29.9 Å². The van der Waals surface area contributed by atoms with E-state index in [1.807, 2.05) is 30.3 Å². The second-order valence-electron chi connectivity index (χ2n) is 4.24. The highest BCUT2D eigenvalue weighted by molar-refractivity contribution is 6.30. The normalized spacial score (nSPS) is 10.5. The van der Waals surface area contributed by atoms with Gasteiger partial charge in [-0.3, -0.25) is 4.57 Å². The molecule has 100 valence electrons. The summed E-state index contributed by atoms with van der Waals surface area (Å²) >= 11 is 5.89. The van der Waals surface area contributed by atoms with E-state index in [4.69, 9.17) is 11.6 Å². The van der Waals surface area contributed by atoms with Gasteiger partial charge in [-0.25, -0.2) is 9.37 Å². The first kappa shape index (κ1) is 12.7. The van der Waals surface area contributed by atoms with Crippen LogP contribution in [0.2, 0.25) is 5.02 Å². The quantitative estimate of drug-likeness (QED) is 0.773. The van der Waals surface area contributed by atoms with E-state index in [1.54, 1.807) is 23.0 Å². The van der Waals surface area contributed by atoms with Crippen LogP contribution in [0.3, 0.4) is 0 Å². The Hall–Kier alpha value is -2.33. The van der Waals surface area contributed by atoms with Crippen LogP contribution in [0.25, 0.3) is 5.69 Å². The molecule has 3 nitrogen and oxygen atoms in total. The molecule has 3 rings (SSSR count). The van der Waals surface area contributed by atoms with Gasteiger partial charge in [0.2, 0.25) is 5.95 Å². The fraction of sp³-hybridized carbons (Fsp3) is 0.